The molecule has 14 heavy (non-hydrogen) atoms. The molecule has 4 heteroatoms. The van der Waals surface area contributed by atoms with Gasteiger partial charge in [0.15, 0.2) is 0 Å². The van der Waals surface area contributed by atoms with Crippen molar-refractivity contribution < 1.29 is 9.84 Å². The smallest absolute Gasteiger partial charge is 0.139 e. The van der Waals surface area contributed by atoms with Gasteiger partial charge in [-0.05, 0) is 27.9 Å². The van der Waals surface area contributed by atoms with Crippen LogP contribution in [0.5, 0.6) is 11.5 Å². The molecule has 0 bridgehead atoms. The minimum Gasteiger partial charge on any atom is -0.506 e. The largest absolute Gasteiger partial charge is 0.506 e. The Kier molecular flexibility index (Phi) is 3.67. The lowest BCUT2D eigenvalue weighted by Crippen LogP contribution is -1.93. The Balaban J connectivity index is 3.40. The normalized spacial score (nSPS) is 10.7. The van der Waals surface area contributed by atoms with E-state index >= 15 is 0 Å². The highest BCUT2D eigenvalue weighted by Gasteiger charge is 2.16. The van der Waals surface area contributed by atoms with E-state index in [4.69, 9.17) is 16.3 Å². The van der Waals surface area contributed by atoms with Crippen LogP contribution in [0.4, 0.5) is 0 Å². The van der Waals surface area contributed by atoms with Gasteiger partial charge >= 0.3 is 0 Å². The van der Waals surface area contributed by atoms with Crippen molar-refractivity contribution in [3.05, 3.63) is 21.1 Å². The van der Waals surface area contributed by atoms with E-state index in [1.165, 1.54) is 0 Å². The number of hydrogen-bond donors (Lipinski definition) is 1. The standard InChI is InChI=1S/C10H12BrClO2/c1-5(2)6-4-7(14-3)9(12)8(11)10(6)13/h4-5,13H,1-3H3. The third kappa shape index (κ3) is 1.98. The Hall–Kier alpha value is -0.410. The monoisotopic (exact) mass is 278 g/mol. The molecule has 0 amide bonds. The van der Waals surface area contributed by atoms with Crippen LogP contribution in [0.3, 0.4) is 0 Å². The van der Waals surface area contributed by atoms with Crippen LogP contribution in [0.25, 0.3) is 0 Å². The summed E-state index contributed by atoms with van der Waals surface area (Å²) < 4.78 is 5.59. The van der Waals surface area contributed by atoms with E-state index in [2.05, 4.69) is 15.9 Å². The van der Waals surface area contributed by atoms with Crippen LogP contribution in [-0.2, 0) is 0 Å². The molecule has 0 unspecified atom stereocenters. The van der Waals surface area contributed by atoms with Gasteiger partial charge in [-0.2, -0.15) is 0 Å². The van der Waals surface area contributed by atoms with E-state index in [-0.39, 0.29) is 11.7 Å². The summed E-state index contributed by atoms with van der Waals surface area (Å²) in [6, 6.07) is 1.76. The summed E-state index contributed by atoms with van der Waals surface area (Å²) in [5.74, 6) is 0.975. The Bertz CT molecular complexity index is 350. The van der Waals surface area contributed by atoms with E-state index in [1.807, 2.05) is 13.8 Å². The highest BCUT2D eigenvalue weighted by atomic mass is 79.9. The maximum Gasteiger partial charge on any atom is 0.139 e. The van der Waals surface area contributed by atoms with Gasteiger partial charge in [-0.3, -0.25) is 0 Å². The molecular formula is C10H12BrClO2. The van der Waals surface area contributed by atoms with E-state index < -0.39 is 0 Å². The zero-order valence-corrected chi connectivity index (χ0v) is 10.6. The summed E-state index contributed by atoms with van der Waals surface area (Å²) in [4.78, 5) is 0. The number of phenols is 1. The molecule has 0 radical (unpaired) electrons. The second-order valence-electron chi connectivity index (χ2n) is 3.30. The fourth-order valence-electron chi connectivity index (χ4n) is 1.20. The third-order valence-electron chi connectivity index (χ3n) is 2.02. The zero-order chi connectivity index (χ0) is 10.9. The summed E-state index contributed by atoms with van der Waals surface area (Å²) >= 11 is 9.17. The molecule has 0 heterocycles. The minimum atomic E-state index is 0.186. The van der Waals surface area contributed by atoms with Gasteiger partial charge in [-0.1, -0.05) is 25.4 Å². The summed E-state index contributed by atoms with van der Waals surface area (Å²) in [5, 5.41) is 10.2. The highest BCUT2D eigenvalue weighted by molar-refractivity contribution is 9.10. The number of phenolic OH excluding ortho intramolecular Hbond substituents is 1. The number of methoxy groups -OCH3 is 1. The number of halogens is 2. The van der Waals surface area contributed by atoms with Crippen molar-refractivity contribution >= 4 is 27.5 Å². The molecule has 0 spiro atoms. The van der Waals surface area contributed by atoms with Crippen LogP contribution in [0, 0.1) is 0 Å². The first-order valence-corrected chi connectivity index (χ1v) is 5.41. The maximum absolute atomic E-state index is 9.78. The topological polar surface area (TPSA) is 29.5 Å². The van der Waals surface area contributed by atoms with Crippen molar-refractivity contribution in [1.29, 1.82) is 0 Å². The van der Waals surface area contributed by atoms with Gasteiger partial charge in [0, 0.05) is 5.56 Å². The van der Waals surface area contributed by atoms with Crippen molar-refractivity contribution in [2.45, 2.75) is 19.8 Å². The molecule has 0 atom stereocenters. The molecule has 0 saturated carbocycles. The van der Waals surface area contributed by atoms with Crippen LogP contribution in [0.1, 0.15) is 25.3 Å². The molecule has 78 valence electrons. The van der Waals surface area contributed by atoms with Crippen LogP contribution in [-0.4, -0.2) is 12.2 Å². The summed E-state index contributed by atoms with van der Waals surface area (Å²) in [5.41, 5.74) is 0.818. The average molecular weight is 280 g/mol. The molecule has 0 aliphatic carbocycles. The molecule has 0 aliphatic rings. The third-order valence-corrected chi connectivity index (χ3v) is 3.39. The summed E-state index contributed by atoms with van der Waals surface area (Å²) in [7, 11) is 1.55. The number of ether oxygens (including phenoxy) is 1. The molecule has 1 N–H and O–H groups in total. The van der Waals surface area contributed by atoms with Crippen molar-refractivity contribution in [3.63, 3.8) is 0 Å². The van der Waals surface area contributed by atoms with E-state index in [1.54, 1.807) is 13.2 Å². The lowest BCUT2D eigenvalue weighted by atomic mass is 10.0. The zero-order valence-electron chi connectivity index (χ0n) is 8.27. The fraction of sp³-hybridized carbons (Fsp3) is 0.400. The second-order valence-corrected chi connectivity index (χ2v) is 4.47. The molecule has 0 fully saturated rings. The predicted molar refractivity (Wildman–Crippen MR) is 61.5 cm³/mol. The second kappa shape index (κ2) is 4.41. The Morgan fingerprint density at radius 1 is 1.50 bits per heavy atom. The first-order chi connectivity index (χ1) is 6.49. The van der Waals surface area contributed by atoms with Gasteiger partial charge in [0.1, 0.15) is 16.5 Å². The number of benzene rings is 1. The summed E-state index contributed by atoms with van der Waals surface area (Å²) in [6.07, 6.45) is 0. The molecule has 1 aromatic carbocycles. The fourth-order valence-corrected chi connectivity index (χ4v) is 1.85. The van der Waals surface area contributed by atoms with Crippen molar-refractivity contribution in [1.82, 2.24) is 0 Å². The van der Waals surface area contributed by atoms with Gasteiger partial charge in [-0.15, -0.1) is 0 Å². The number of hydrogen-bond acceptors (Lipinski definition) is 2. The van der Waals surface area contributed by atoms with Gasteiger partial charge < -0.3 is 9.84 Å². The van der Waals surface area contributed by atoms with Gasteiger partial charge in [0.2, 0.25) is 0 Å². The van der Waals surface area contributed by atoms with Crippen LogP contribution >= 0.6 is 27.5 Å². The Morgan fingerprint density at radius 2 is 2.07 bits per heavy atom. The first-order valence-electron chi connectivity index (χ1n) is 4.23. The van der Waals surface area contributed by atoms with Crippen LogP contribution in [0.15, 0.2) is 10.5 Å². The Morgan fingerprint density at radius 3 is 2.50 bits per heavy atom. The van der Waals surface area contributed by atoms with E-state index in [9.17, 15) is 5.11 Å². The van der Waals surface area contributed by atoms with E-state index in [0.29, 0.717) is 15.2 Å². The molecule has 0 saturated heterocycles. The van der Waals surface area contributed by atoms with Gasteiger partial charge in [0.05, 0.1) is 11.6 Å². The van der Waals surface area contributed by atoms with Crippen molar-refractivity contribution in [2.75, 3.05) is 7.11 Å². The molecule has 1 rings (SSSR count). The molecule has 2 nitrogen and oxygen atoms in total. The van der Waals surface area contributed by atoms with Gasteiger partial charge in [-0.25, -0.2) is 0 Å². The van der Waals surface area contributed by atoms with Crippen molar-refractivity contribution in [3.8, 4) is 11.5 Å². The summed E-state index contributed by atoms with van der Waals surface area (Å²) in [6.45, 7) is 3.99. The maximum atomic E-state index is 9.78. The van der Waals surface area contributed by atoms with E-state index in [0.717, 1.165) is 5.56 Å². The number of rotatable bonds is 2. The molecular weight excluding hydrogens is 267 g/mol. The molecule has 0 aromatic heterocycles. The first kappa shape index (κ1) is 11.7. The number of aromatic hydroxyl groups is 1. The average Bonchev–Trinajstić information content (AvgIpc) is 2.14. The van der Waals surface area contributed by atoms with Crippen LogP contribution in [0.2, 0.25) is 5.02 Å². The quantitative estimate of drug-likeness (QED) is 0.888. The van der Waals surface area contributed by atoms with Crippen LogP contribution < -0.4 is 4.74 Å². The van der Waals surface area contributed by atoms with Gasteiger partial charge in [0.25, 0.3) is 0 Å². The Labute approximate surface area is 97.0 Å². The minimum absolute atomic E-state index is 0.186. The predicted octanol–water partition coefficient (Wildman–Crippen LogP) is 3.94. The lowest BCUT2D eigenvalue weighted by Gasteiger charge is -2.13. The molecule has 0 aliphatic heterocycles. The highest BCUT2D eigenvalue weighted by Crippen LogP contribution is 2.43. The molecule has 1 aromatic rings. The SMILES string of the molecule is COc1cc(C(C)C)c(O)c(Br)c1Cl. The lowest BCUT2D eigenvalue weighted by molar-refractivity contribution is 0.409. The van der Waals surface area contributed by atoms with Crippen molar-refractivity contribution in [2.24, 2.45) is 0 Å².